The zero-order chi connectivity index (χ0) is 12.0. The minimum absolute atomic E-state index is 0.587. The van der Waals surface area contributed by atoms with E-state index in [1.54, 1.807) is 0 Å². The molecule has 1 atom stereocenters. The van der Waals surface area contributed by atoms with Gasteiger partial charge in [0.25, 0.3) is 0 Å². The van der Waals surface area contributed by atoms with E-state index in [4.69, 9.17) is 0 Å². The van der Waals surface area contributed by atoms with Gasteiger partial charge >= 0.3 is 0 Å². The van der Waals surface area contributed by atoms with Gasteiger partial charge in [0, 0.05) is 19.2 Å². The Morgan fingerprint density at radius 3 is 2.69 bits per heavy atom. The maximum atomic E-state index is 10.2. The monoisotopic (exact) mass is 224 g/mol. The van der Waals surface area contributed by atoms with Crippen molar-refractivity contribution in [2.45, 2.75) is 65.0 Å². The third-order valence-corrected chi connectivity index (χ3v) is 2.91. The number of nitrogens with zero attached hydrogens (tertiary/aromatic N) is 2. The normalized spacial score (nSPS) is 15.0. The summed E-state index contributed by atoms with van der Waals surface area (Å²) >= 11 is 0. The Kier molecular flexibility index (Phi) is 5.00. The lowest BCUT2D eigenvalue weighted by molar-refractivity contribution is 0.0486. The SMILES string of the molecule is CCCCCC(C)(O)Cc1cnn(CC)c1. The van der Waals surface area contributed by atoms with Gasteiger partial charge in [-0.1, -0.05) is 26.2 Å². The molecule has 1 aromatic rings. The predicted octanol–water partition coefficient (Wildman–Crippen LogP) is 2.78. The molecule has 1 N–H and O–H groups in total. The van der Waals surface area contributed by atoms with Gasteiger partial charge in [-0.3, -0.25) is 4.68 Å². The minimum Gasteiger partial charge on any atom is -0.390 e. The first kappa shape index (κ1) is 13.2. The van der Waals surface area contributed by atoms with E-state index >= 15 is 0 Å². The van der Waals surface area contributed by atoms with Gasteiger partial charge in [0.15, 0.2) is 0 Å². The molecule has 0 aliphatic heterocycles. The van der Waals surface area contributed by atoms with Crippen molar-refractivity contribution in [3.8, 4) is 0 Å². The second-order valence-corrected chi connectivity index (χ2v) is 4.84. The second-order valence-electron chi connectivity index (χ2n) is 4.84. The molecule has 0 saturated carbocycles. The molecular formula is C13H24N2O. The van der Waals surface area contributed by atoms with Crippen LogP contribution in [0.1, 0.15) is 52.0 Å². The van der Waals surface area contributed by atoms with E-state index in [2.05, 4.69) is 18.9 Å². The topological polar surface area (TPSA) is 38.1 Å². The lowest BCUT2D eigenvalue weighted by atomic mass is 9.92. The highest BCUT2D eigenvalue weighted by atomic mass is 16.3. The average Bonchev–Trinajstić information content (AvgIpc) is 2.65. The highest BCUT2D eigenvalue weighted by Gasteiger charge is 2.20. The zero-order valence-corrected chi connectivity index (χ0v) is 10.7. The summed E-state index contributed by atoms with van der Waals surface area (Å²) in [6.45, 7) is 7.06. The molecule has 3 nitrogen and oxygen atoms in total. The maximum absolute atomic E-state index is 10.2. The molecule has 1 heterocycles. The molecule has 0 aliphatic carbocycles. The smallest absolute Gasteiger partial charge is 0.0661 e. The lowest BCUT2D eigenvalue weighted by Crippen LogP contribution is -2.26. The lowest BCUT2D eigenvalue weighted by Gasteiger charge is -2.22. The predicted molar refractivity (Wildman–Crippen MR) is 66.4 cm³/mol. The van der Waals surface area contributed by atoms with Gasteiger partial charge in [0.05, 0.1) is 11.8 Å². The summed E-state index contributed by atoms with van der Waals surface area (Å²) in [5, 5.41) is 14.5. The summed E-state index contributed by atoms with van der Waals surface area (Å²) in [7, 11) is 0. The number of hydrogen-bond donors (Lipinski definition) is 1. The number of aryl methyl sites for hydroxylation is 1. The van der Waals surface area contributed by atoms with Gasteiger partial charge in [-0.25, -0.2) is 0 Å². The molecule has 0 saturated heterocycles. The molecule has 0 aliphatic rings. The van der Waals surface area contributed by atoms with Crippen molar-refractivity contribution in [1.82, 2.24) is 9.78 Å². The Balaban J connectivity index is 2.44. The molecule has 1 unspecified atom stereocenters. The van der Waals surface area contributed by atoms with Gasteiger partial charge in [0.2, 0.25) is 0 Å². The molecule has 0 radical (unpaired) electrons. The Morgan fingerprint density at radius 1 is 1.38 bits per heavy atom. The standard InChI is InChI=1S/C13H24N2O/c1-4-6-7-8-13(3,16)9-12-10-14-15(5-2)11-12/h10-11,16H,4-9H2,1-3H3. The zero-order valence-electron chi connectivity index (χ0n) is 10.7. The molecule has 0 spiro atoms. The van der Waals surface area contributed by atoms with Crippen molar-refractivity contribution < 1.29 is 5.11 Å². The number of unbranched alkanes of at least 4 members (excludes halogenated alkanes) is 2. The molecule has 0 amide bonds. The first-order chi connectivity index (χ1) is 7.57. The first-order valence-corrected chi connectivity index (χ1v) is 6.31. The highest BCUT2D eigenvalue weighted by Crippen LogP contribution is 2.19. The van der Waals surface area contributed by atoms with E-state index in [0.717, 1.165) is 24.9 Å². The molecule has 92 valence electrons. The fourth-order valence-electron chi connectivity index (χ4n) is 1.95. The molecular weight excluding hydrogens is 200 g/mol. The number of hydrogen-bond acceptors (Lipinski definition) is 2. The summed E-state index contributed by atoms with van der Waals surface area (Å²) < 4.78 is 1.90. The largest absolute Gasteiger partial charge is 0.390 e. The third-order valence-electron chi connectivity index (χ3n) is 2.91. The van der Waals surface area contributed by atoms with Crippen molar-refractivity contribution in [2.75, 3.05) is 0 Å². The van der Waals surface area contributed by atoms with Crippen molar-refractivity contribution in [2.24, 2.45) is 0 Å². The van der Waals surface area contributed by atoms with Crippen LogP contribution in [0.2, 0.25) is 0 Å². The summed E-state index contributed by atoms with van der Waals surface area (Å²) in [6.07, 6.45) is 8.96. The quantitative estimate of drug-likeness (QED) is 0.723. The Hall–Kier alpha value is -0.830. The van der Waals surface area contributed by atoms with E-state index in [1.807, 2.05) is 24.0 Å². The summed E-state index contributed by atoms with van der Waals surface area (Å²) in [4.78, 5) is 0. The van der Waals surface area contributed by atoms with Crippen LogP contribution in [0.15, 0.2) is 12.4 Å². The molecule has 0 aromatic carbocycles. The van der Waals surface area contributed by atoms with Crippen LogP contribution in [0.5, 0.6) is 0 Å². The van der Waals surface area contributed by atoms with Crippen LogP contribution >= 0.6 is 0 Å². The van der Waals surface area contributed by atoms with E-state index < -0.39 is 5.60 Å². The fourth-order valence-corrected chi connectivity index (χ4v) is 1.95. The van der Waals surface area contributed by atoms with Crippen LogP contribution in [-0.2, 0) is 13.0 Å². The van der Waals surface area contributed by atoms with E-state index in [-0.39, 0.29) is 0 Å². The van der Waals surface area contributed by atoms with E-state index in [0.29, 0.717) is 6.42 Å². The molecule has 16 heavy (non-hydrogen) atoms. The average molecular weight is 224 g/mol. The van der Waals surface area contributed by atoms with Crippen LogP contribution < -0.4 is 0 Å². The first-order valence-electron chi connectivity index (χ1n) is 6.31. The fraction of sp³-hybridized carbons (Fsp3) is 0.769. The molecule has 1 rings (SSSR count). The van der Waals surface area contributed by atoms with Crippen LogP contribution in [0.4, 0.5) is 0 Å². The Labute approximate surface area is 98.5 Å². The van der Waals surface area contributed by atoms with Crippen molar-refractivity contribution >= 4 is 0 Å². The van der Waals surface area contributed by atoms with E-state index in [1.165, 1.54) is 12.8 Å². The number of aromatic nitrogens is 2. The molecule has 1 aromatic heterocycles. The van der Waals surface area contributed by atoms with Crippen LogP contribution in [0.25, 0.3) is 0 Å². The Bertz CT molecular complexity index is 305. The summed E-state index contributed by atoms with van der Waals surface area (Å²) in [6, 6.07) is 0. The van der Waals surface area contributed by atoms with Crippen molar-refractivity contribution in [3.63, 3.8) is 0 Å². The highest BCUT2D eigenvalue weighted by molar-refractivity contribution is 5.07. The van der Waals surface area contributed by atoms with Crippen molar-refractivity contribution in [1.29, 1.82) is 0 Å². The van der Waals surface area contributed by atoms with Crippen molar-refractivity contribution in [3.05, 3.63) is 18.0 Å². The molecule has 0 bridgehead atoms. The van der Waals surface area contributed by atoms with Gasteiger partial charge in [-0.05, 0) is 25.8 Å². The molecule has 3 heteroatoms. The number of aliphatic hydroxyl groups is 1. The minimum atomic E-state index is -0.587. The van der Waals surface area contributed by atoms with Gasteiger partial charge in [-0.2, -0.15) is 5.10 Å². The van der Waals surface area contributed by atoms with Gasteiger partial charge < -0.3 is 5.11 Å². The van der Waals surface area contributed by atoms with Gasteiger partial charge in [0.1, 0.15) is 0 Å². The summed E-state index contributed by atoms with van der Waals surface area (Å²) in [5.74, 6) is 0. The van der Waals surface area contributed by atoms with Gasteiger partial charge in [-0.15, -0.1) is 0 Å². The van der Waals surface area contributed by atoms with Crippen LogP contribution in [-0.4, -0.2) is 20.5 Å². The van der Waals surface area contributed by atoms with Crippen LogP contribution in [0.3, 0.4) is 0 Å². The second kappa shape index (κ2) is 6.04. The number of rotatable bonds is 7. The third kappa shape index (κ3) is 4.35. The Morgan fingerprint density at radius 2 is 2.12 bits per heavy atom. The maximum Gasteiger partial charge on any atom is 0.0661 e. The van der Waals surface area contributed by atoms with E-state index in [9.17, 15) is 5.11 Å². The van der Waals surface area contributed by atoms with Crippen LogP contribution in [0, 0.1) is 0 Å². The molecule has 0 fully saturated rings. The summed E-state index contributed by atoms with van der Waals surface area (Å²) in [5.41, 5.74) is 0.542.